The summed E-state index contributed by atoms with van der Waals surface area (Å²) in [5.74, 6) is -0.262. The van der Waals surface area contributed by atoms with Gasteiger partial charge in [-0.2, -0.15) is 0 Å². The zero-order valence-electron chi connectivity index (χ0n) is 13.0. The van der Waals surface area contributed by atoms with Crippen molar-refractivity contribution in [2.24, 2.45) is 0 Å². The Kier molecular flexibility index (Phi) is 3.39. The number of nitrogens with zero attached hydrogens (tertiary/aromatic N) is 2. The summed E-state index contributed by atoms with van der Waals surface area (Å²) < 4.78 is 1.66. The molecule has 0 radical (unpaired) electrons. The highest BCUT2D eigenvalue weighted by molar-refractivity contribution is 6.02. The third-order valence-corrected chi connectivity index (χ3v) is 3.37. The normalized spacial score (nSPS) is 14.9. The van der Waals surface area contributed by atoms with Crippen LogP contribution in [0.3, 0.4) is 0 Å². The molecule has 0 aliphatic heterocycles. The van der Waals surface area contributed by atoms with E-state index in [1.165, 1.54) is 0 Å². The summed E-state index contributed by atoms with van der Waals surface area (Å²) in [6.45, 7) is 5.72. The number of amides is 2. The fourth-order valence-electron chi connectivity index (χ4n) is 2.24. The predicted octanol–water partition coefficient (Wildman–Crippen LogP) is 1.75. The SMILES string of the molecule is CC(C)(C)NC(=O)c1nc(C(=O)NC2CC2)n2ccccc12. The van der Waals surface area contributed by atoms with E-state index >= 15 is 0 Å². The zero-order valence-corrected chi connectivity index (χ0v) is 13.0. The molecule has 2 heterocycles. The molecule has 1 saturated carbocycles. The van der Waals surface area contributed by atoms with E-state index in [1.54, 1.807) is 16.7 Å². The first kappa shape index (κ1) is 14.6. The van der Waals surface area contributed by atoms with Crippen LogP contribution >= 0.6 is 0 Å². The number of rotatable bonds is 3. The van der Waals surface area contributed by atoms with Gasteiger partial charge in [0.15, 0.2) is 5.69 Å². The largest absolute Gasteiger partial charge is 0.347 e. The van der Waals surface area contributed by atoms with Gasteiger partial charge in [-0.1, -0.05) is 6.07 Å². The van der Waals surface area contributed by atoms with E-state index in [2.05, 4.69) is 15.6 Å². The van der Waals surface area contributed by atoms with Crippen LogP contribution in [0.4, 0.5) is 0 Å². The standard InChI is InChI=1S/C16H20N4O2/c1-16(2,3)19-14(21)12-11-6-4-5-9-20(11)13(18-12)15(22)17-10-7-8-10/h4-6,9-10H,7-8H2,1-3H3,(H,17,22)(H,19,21). The Hall–Kier alpha value is -2.37. The highest BCUT2D eigenvalue weighted by atomic mass is 16.2. The molecule has 0 atom stereocenters. The highest BCUT2D eigenvalue weighted by Gasteiger charge is 2.28. The molecule has 0 bridgehead atoms. The number of hydrogen-bond acceptors (Lipinski definition) is 3. The highest BCUT2D eigenvalue weighted by Crippen LogP contribution is 2.20. The molecule has 2 aromatic rings. The quantitative estimate of drug-likeness (QED) is 0.907. The van der Waals surface area contributed by atoms with E-state index < -0.39 is 0 Å². The Morgan fingerprint density at radius 2 is 1.95 bits per heavy atom. The van der Waals surface area contributed by atoms with E-state index in [4.69, 9.17) is 0 Å². The van der Waals surface area contributed by atoms with Gasteiger partial charge in [0.25, 0.3) is 11.8 Å². The Morgan fingerprint density at radius 1 is 1.23 bits per heavy atom. The van der Waals surface area contributed by atoms with Gasteiger partial charge in [-0.15, -0.1) is 0 Å². The number of pyridine rings is 1. The maximum atomic E-state index is 12.4. The third-order valence-electron chi connectivity index (χ3n) is 3.37. The van der Waals surface area contributed by atoms with E-state index in [1.807, 2.05) is 32.9 Å². The van der Waals surface area contributed by atoms with Gasteiger partial charge >= 0.3 is 0 Å². The smallest absolute Gasteiger partial charge is 0.287 e. The van der Waals surface area contributed by atoms with Crippen molar-refractivity contribution >= 4 is 17.3 Å². The summed E-state index contributed by atoms with van der Waals surface area (Å²) in [6, 6.07) is 5.68. The molecule has 2 N–H and O–H groups in total. The van der Waals surface area contributed by atoms with Crippen molar-refractivity contribution < 1.29 is 9.59 Å². The van der Waals surface area contributed by atoms with Crippen molar-refractivity contribution in [3.63, 3.8) is 0 Å². The topological polar surface area (TPSA) is 75.5 Å². The first-order chi connectivity index (χ1) is 10.3. The summed E-state index contributed by atoms with van der Waals surface area (Å²) in [7, 11) is 0. The predicted molar refractivity (Wildman–Crippen MR) is 82.9 cm³/mol. The van der Waals surface area contributed by atoms with E-state index in [9.17, 15) is 9.59 Å². The fourth-order valence-corrected chi connectivity index (χ4v) is 2.24. The Balaban J connectivity index is 2.00. The van der Waals surface area contributed by atoms with Crippen LogP contribution in [-0.4, -0.2) is 32.8 Å². The van der Waals surface area contributed by atoms with Crippen LogP contribution in [0.2, 0.25) is 0 Å². The van der Waals surface area contributed by atoms with Crippen molar-refractivity contribution in [3.8, 4) is 0 Å². The van der Waals surface area contributed by atoms with Gasteiger partial charge in [-0.3, -0.25) is 14.0 Å². The molecule has 1 aliphatic rings. The number of nitrogens with one attached hydrogen (secondary N) is 2. The van der Waals surface area contributed by atoms with Crippen LogP contribution in [0.15, 0.2) is 24.4 Å². The minimum absolute atomic E-state index is 0.237. The first-order valence-electron chi connectivity index (χ1n) is 7.45. The first-order valence-corrected chi connectivity index (χ1v) is 7.45. The summed E-state index contributed by atoms with van der Waals surface area (Å²) in [6.07, 6.45) is 3.76. The van der Waals surface area contributed by atoms with Gasteiger partial charge in [0.05, 0.1) is 5.52 Å². The average molecular weight is 300 g/mol. The van der Waals surface area contributed by atoms with Crippen molar-refractivity contribution in [3.05, 3.63) is 35.9 Å². The Labute approximate surface area is 128 Å². The summed E-state index contributed by atoms with van der Waals surface area (Å²) >= 11 is 0. The van der Waals surface area contributed by atoms with Crippen molar-refractivity contribution in [1.82, 2.24) is 20.0 Å². The maximum Gasteiger partial charge on any atom is 0.287 e. The molecule has 0 saturated heterocycles. The molecule has 0 aromatic carbocycles. The van der Waals surface area contributed by atoms with Crippen LogP contribution < -0.4 is 10.6 Å². The second kappa shape index (κ2) is 5.12. The lowest BCUT2D eigenvalue weighted by Crippen LogP contribution is -2.40. The van der Waals surface area contributed by atoms with Crippen LogP contribution in [-0.2, 0) is 0 Å². The van der Waals surface area contributed by atoms with Crippen molar-refractivity contribution in [2.75, 3.05) is 0 Å². The second-order valence-corrected chi connectivity index (χ2v) is 6.69. The molecular weight excluding hydrogens is 280 g/mol. The molecule has 2 aromatic heterocycles. The van der Waals surface area contributed by atoms with Crippen LogP contribution in [0, 0.1) is 0 Å². The molecule has 1 aliphatic carbocycles. The third kappa shape index (κ3) is 2.95. The number of hydrogen-bond donors (Lipinski definition) is 2. The lowest BCUT2D eigenvalue weighted by Gasteiger charge is -2.19. The number of carbonyl (C=O) groups is 2. The van der Waals surface area contributed by atoms with Gasteiger partial charge in [0, 0.05) is 17.8 Å². The molecule has 2 amide bonds. The van der Waals surface area contributed by atoms with Gasteiger partial charge in [0.1, 0.15) is 0 Å². The summed E-state index contributed by atoms with van der Waals surface area (Å²) in [5.41, 5.74) is 0.541. The second-order valence-electron chi connectivity index (χ2n) is 6.69. The lowest BCUT2D eigenvalue weighted by molar-refractivity contribution is 0.0916. The van der Waals surface area contributed by atoms with E-state index in [0.717, 1.165) is 12.8 Å². The van der Waals surface area contributed by atoms with Crippen LogP contribution in [0.1, 0.15) is 54.7 Å². The van der Waals surface area contributed by atoms with E-state index in [0.29, 0.717) is 5.52 Å². The number of carbonyl (C=O) groups excluding carboxylic acids is 2. The molecule has 6 heteroatoms. The Bertz CT molecular complexity index is 738. The van der Waals surface area contributed by atoms with Gasteiger partial charge < -0.3 is 10.6 Å². The molecular formula is C16H20N4O2. The number of fused-ring (bicyclic) bond motifs is 1. The zero-order chi connectivity index (χ0) is 15.9. The monoisotopic (exact) mass is 300 g/mol. The van der Waals surface area contributed by atoms with Crippen molar-refractivity contribution in [1.29, 1.82) is 0 Å². The van der Waals surface area contributed by atoms with Gasteiger partial charge in [-0.25, -0.2) is 4.98 Å². The average Bonchev–Trinajstić information content (AvgIpc) is 3.14. The van der Waals surface area contributed by atoms with Crippen LogP contribution in [0.5, 0.6) is 0 Å². The molecule has 0 spiro atoms. The Morgan fingerprint density at radius 3 is 2.59 bits per heavy atom. The van der Waals surface area contributed by atoms with E-state index in [-0.39, 0.29) is 34.9 Å². The summed E-state index contributed by atoms with van der Waals surface area (Å²) in [5, 5.41) is 5.80. The number of aromatic nitrogens is 2. The van der Waals surface area contributed by atoms with Gasteiger partial charge in [-0.05, 0) is 45.7 Å². The molecule has 0 unspecified atom stereocenters. The summed E-state index contributed by atoms with van der Waals surface area (Å²) in [4.78, 5) is 29.0. The molecule has 6 nitrogen and oxygen atoms in total. The minimum atomic E-state index is -0.363. The minimum Gasteiger partial charge on any atom is -0.347 e. The number of imidazole rings is 1. The molecule has 22 heavy (non-hydrogen) atoms. The maximum absolute atomic E-state index is 12.4. The lowest BCUT2D eigenvalue weighted by atomic mass is 10.1. The van der Waals surface area contributed by atoms with Crippen LogP contribution in [0.25, 0.3) is 5.52 Å². The van der Waals surface area contributed by atoms with Crippen molar-refractivity contribution in [2.45, 2.75) is 45.2 Å². The van der Waals surface area contributed by atoms with Gasteiger partial charge in [0.2, 0.25) is 5.82 Å². The molecule has 116 valence electrons. The fraction of sp³-hybridized carbons (Fsp3) is 0.438. The molecule has 3 rings (SSSR count). The molecule has 1 fully saturated rings.